The number of benzene rings is 2. The summed E-state index contributed by atoms with van der Waals surface area (Å²) < 4.78 is 60.4. The summed E-state index contributed by atoms with van der Waals surface area (Å²) in [7, 11) is 1.81. The molecule has 2 fully saturated rings. The van der Waals surface area contributed by atoms with E-state index in [0.29, 0.717) is 28.7 Å². The Hall–Kier alpha value is -3.43. The van der Waals surface area contributed by atoms with Crippen molar-refractivity contribution in [3.8, 4) is 0 Å². The molecule has 2 atom stereocenters. The number of aromatic nitrogens is 1. The summed E-state index contributed by atoms with van der Waals surface area (Å²) in [4.78, 5) is 19.2. The summed E-state index contributed by atoms with van der Waals surface area (Å²) in [5.41, 5.74) is 2.57. The second-order valence-electron chi connectivity index (χ2n) is 12.5. The Balaban J connectivity index is 1.56. The number of nitrogens with zero attached hydrogens (tertiary/aromatic N) is 2. The molecule has 3 aromatic rings. The largest absolute Gasteiger partial charge is 0.460 e. The monoisotopic (exact) mass is 582 g/mol. The van der Waals surface area contributed by atoms with Gasteiger partial charge >= 0.3 is 5.97 Å². The molecule has 1 aliphatic carbocycles. The Morgan fingerprint density at radius 3 is 2.40 bits per heavy atom. The van der Waals surface area contributed by atoms with Gasteiger partial charge in [0.05, 0.1) is 35.5 Å². The fourth-order valence-electron chi connectivity index (χ4n) is 5.43. The molecular formula is C33H37F3N2O4. The lowest BCUT2D eigenvalue weighted by molar-refractivity contribution is -0.290. The molecule has 1 saturated carbocycles. The summed E-state index contributed by atoms with van der Waals surface area (Å²) in [6, 6.07) is 8.27. The van der Waals surface area contributed by atoms with Crippen LogP contribution in [0, 0.1) is 17.5 Å². The molecule has 1 saturated heterocycles. The Morgan fingerprint density at radius 1 is 1.10 bits per heavy atom. The fraction of sp³-hybridized carbons (Fsp3) is 0.455. The molecule has 1 aliphatic heterocycles. The van der Waals surface area contributed by atoms with E-state index < -0.39 is 35.2 Å². The number of pyridine rings is 1. The quantitative estimate of drug-likeness (QED) is 0.264. The van der Waals surface area contributed by atoms with Gasteiger partial charge in [-0.05, 0) is 77.8 Å². The van der Waals surface area contributed by atoms with Gasteiger partial charge in [-0.15, -0.1) is 0 Å². The lowest BCUT2D eigenvalue weighted by Crippen LogP contribution is -2.45. The normalized spacial score (nSPS) is 20.7. The highest BCUT2D eigenvalue weighted by Gasteiger charge is 2.37. The van der Waals surface area contributed by atoms with Crippen molar-refractivity contribution < 1.29 is 32.2 Å². The first-order valence-electron chi connectivity index (χ1n) is 14.3. The molecule has 0 radical (unpaired) electrons. The third-order valence-corrected chi connectivity index (χ3v) is 7.25. The number of hydrogen-bond donors (Lipinski definition) is 0. The van der Waals surface area contributed by atoms with Gasteiger partial charge < -0.3 is 19.1 Å². The van der Waals surface area contributed by atoms with Crippen LogP contribution in [0.2, 0.25) is 0 Å². The lowest BCUT2D eigenvalue weighted by Gasteiger charge is -2.40. The van der Waals surface area contributed by atoms with Crippen molar-refractivity contribution in [2.75, 3.05) is 11.9 Å². The lowest BCUT2D eigenvalue weighted by atomic mass is 9.99. The summed E-state index contributed by atoms with van der Waals surface area (Å²) in [6.07, 6.45) is 5.36. The SMILES string of the molecule is CN(c1ccc(F)cc1)c1c(/C=C/[C@@H]2C[C@H](CC(=O)OC(C)(C)C)OC(C)(C)O2)c(C2CC2)nc2cc(F)c(F)cc12. The predicted octanol–water partition coefficient (Wildman–Crippen LogP) is 7.95. The highest BCUT2D eigenvalue weighted by molar-refractivity contribution is 5.99. The van der Waals surface area contributed by atoms with E-state index >= 15 is 0 Å². The number of carbonyl (C=O) groups is 1. The highest BCUT2D eigenvalue weighted by atomic mass is 19.2. The van der Waals surface area contributed by atoms with Crippen molar-refractivity contribution in [2.24, 2.45) is 0 Å². The molecule has 2 heterocycles. The number of hydrogen-bond acceptors (Lipinski definition) is 6. The zero-order valence-electron chi connectivity index (χ0n) is 24.8. The minimum atomic E-state index is -0.980. The third-order valence-electron chi connectivity index (χ3n) is 7.25. The molecule has 0 spiro atoms. The first-order valence-corrected chi connectivity index (χ1v) is 14.3. The number of esters is 1. The van der Waals surface area contributed by atoms with Gasteiger partial charge in [0.25, 0.3) is 0 Å². The van der Waals surface area contributed by atoms with Crippen LogP contribution in [0.1, 0.15) is 77.5 Å². The van der Waals surface area contributed by atoms with E-state index in [1.165, 1.54) is 12.1 Å². The van der Waals surface area contributed by atoms with Crippen LogP contribution in [-0.2, 0) is 19.0 Å². The van der Waals surface area contributed by atoms with Crippen molar-refractivity contribution in [2.45, 2.75) is 89.8 Å². The first kappa shape index (κ1) is 30.0. The molecule has 6 nitrogen and oxygen atoms in total. The Morgan fingerprint density at radius 2 is 1.76 bits per heavy atom. The standard InChI is InChI=1S/C33H37F3N2O4/c1-32(2,3)42-29(39)16-23-15-22(40-33(4,5)41-23)13-14-24-30(19-7-8-19)37-28-18-27(36)26(35)17-25(28)31(24)38(6)21-11-9-20(34)10-12-21/h9-14,17-19,22-23H,7-8,15-16H2,1-6H3/b14-13+/t22-,23-/m1/s1. The van der Waals surface area contributed by atoms with E-state index in [-0.39, 0.29) is 24.1 Å². The predicted molar refractivity (Wildman–Crippen MR) is 156 cm³/mol. The maximum atomic E-state index is 14.6. The molecule has 0 bridgehead atoms. The average molecular weight is 583 g/mol. The summed E-state index contributed by atoms with van der Waals surface area (Å²) in [5, 5.41) is 0.431. The molecule has 0 amide bonds. The van der Waals surface area contributed by atoms with E-state index in [1.54, 1.807) is 26.0 Å². The van der Waals surface area contributed by atoms with Gasteiger partial charge in [-0.1, -0.05) is 12.2 Å². The zero-order valence-corrected chi connectivity index (χ0v) is 24.8. The van der Waals surface area contributed by atoms with E-state index in [2.05, 4.69) is 0 Å². The van der Waals surface area contributed by atoms with Crippen LogP contribution in [0.5, 0.6) is 0 Å². The van der Waals surface area contributed by atoms with Crippen LogP contribution in [0.25, 0.3) is 17.0 Å². The number of fused-ring (bicyclic) bond motifs is 1. The third kappa shape index (κ3) is 6.95. The second kappa shape index (κ2) is 11.3. The van der Waals surface area contributed by atoms with Crippen LogP contribution in [0.4, 0.5) is 24.5 Å². The van der Waals surface area contributed by atoms with E-state index in [1.807, 2.05) is 44.9 Å². The smallest absolute Gasteiger partial charge is 0.308 e. The van der Waals surface area contributed by atoms with Crippen LogP contribution < -0.4 is 4.90 Å². The van der Waals surface area contributed by atoms with Gasteiger partial charge in [-0.25, -0.2) is 13.2 Å². The van der Waals surface area contributed by atoms with Gasteiger partial charge in [0.1, 0.15) is 11.4 Å². The van der Waals surface area contributed by atoms with Crippen molar-refractivity contribution in [3.05, 3.63) is 71.2 Å². The van der Waals surface area contributed by atoms with Crippen LogP contribution >= 0.6 is 0 Å². The van der Waals surface area contributed by atoms with Crippen LogP contribution in [-0.4, -0.2) is 41.6 Å². The highest BCUT2D eigenvalue weighted by Crippen LogP contribution is 2.46. The van der Waals surface area contributed by atoms with E-state index in [9.17, 15) is 18.0 Å². The molecule has 0 N–H and O–H groups in total. The zero-order chi connectivity index (χ0) is 30.4. The Bertz CT molecular complexity index is 1510. The summed E-state index contributed by atoms with van der Waals surface area (Å²) in [5.74, 6) is -3.45. The number of ether oxygens (including phenoxy) is 3. The number of anilines is 2. The fourth-order valence-corrected chi connectivity index (χ4v) is 5.43. The average Bonchev–Trinajstić information content (AvgIpc) is 3.71. The van der Waals surface area contributed by atoms with Crippen molar-refractivity contribution in [1.82, 2.24) is 4.98 Å². The molecule has 0 unspecified atom stereocenters. The Kier molecular flexibility index (Phi) is 8.11. The number of carbonyl (C=O) groups excluding carboxylic acids is 1. The van der Waals surface area contributed by atoms with Gasteiger partial charge in [0, 0.05) is 42.1 Å². The molecule has 2 aliphatic rings. The molecular weight excluding hydrogens is 545 g/mol. The van der Waals surface area contributed by atoms with Crippen LogP contribution in [0.3, 0.4) is 0 Å². The maximum absolute atomic E-state index is 14.6. The maximum Gasteiger partial charge on any atom is 0.308 e. The van der Waals surface area contributed by atoms with E-state index in [0.717, 1.165) is 36.2 Å². The molecule has 1 aromatic heterocycles. The summed E-state index contributed by atoms with van der Waals surface area (Å²) in [6.45, 7) is 9.06. The van der Waals surface area contributed by atoms with E-state index in [4.69, 9.17) is 19.2 Å². The minimum Gasteiger partial charge on any atom is -0.460 e. The molecule has 224 valence electrons. The number of halogens is 3. The van der Waals surface area contributed by atoms with Gasteiger partial charge in [0.15, 0.2) is 17.4 Å². The molecule has 2 aromatic carbocycles. The minimum absolute atomic E-state index is 0.0860. The topological polar surface area (TPSA) is 60.9 Å². The molecule has 5 rings (SSSR count). The van der Waals surface area contributed by atoms with Gasteiger partial charge in [-0.2, -0.15) is 0 Å². The molecule has 9 heteroatoms. The van der Waals surface area contributed by atoms with Crippen molar-refractivity contribution in [3.63, 3.8) is 0 Å². The number of rotatable bonds is 7. The first-order chi connectivity index (χ1) is 19.7. The Labute approximate surface area is 244 Å². The van der Waals surface area contributed by atoms with Crippen LogP contribution in [0.15, 0.2) is 42.5 Å². The van der Waals surface area contributed by atoms with Gasteiger partial charge in [-0.3, -0.25) is 9.78 Å². The van der Waals surface area contributed by atoms with Gasteiger partial charge in [0.2, 0.25) is 0 Å². The van der Waals surface area contributed by atoms with Crippen molar-refractivity contribution in [1.29, 1.82) is 0 Å². The second-order valence-corrected chi connectivity index (χ2v) is 12.5. The summed E-state index contributed by atoms with van der Waals surface area (Å²) >= 11 is 0. The van der Waals surface area contributed by atoms with Crippen molar-refractivity contribution >= 4 is 34.3 Å². The molecule has 42 heavy (non-hydrogen) atoms.